The molecule has 1 aromatic rings. The maximum Gasteiger partial charge on any atom is 0.251 e. The van der Waals surface area contributed by atoms with Crippen molar-refractivity contribution in [3.8, 4) is 0 Å². The van der Waals surface area contributed by atoms with Gasteiger partial charge in [0.2, 0.25) is 5.91 Å². The minimum absolute atomic E-state index is 0.135. The SMILES string of the molecule is O=C1CC(NCCCCO)C(=O)N1c1ccc(Cl)cc1. The summed E-state index contributed by atoms with van der Waals surface area (Å²) in [7, 11) is 0. The number of anilines is 1. The number of carbonyl (C=O) groups is 2. The van der Waals surface area contributed by atoms with Crippen molar-refractivity contribution in [3.05, 3.63) is 29.3 Å². The molecule has 0 bridgehead atoms. The number of unbranched alkanes of at least 4 members (excludes halogenated alkanes) is 1. The fourth-order valence-corrected chi connectivity index (χ4v) is 2.29. The average molecular weight is 297 g/mol. The predicted molar refractivity (Wildman–Crippen MR) is 76.7 cm³/mol. The van der Waals surface area contributed by atoms with Crippen molar-refractivity contribution in [1.82, 2.24) is 5.32 Å². The zero-order chi connectivity index (χ0) is 14.5. The van der Waals surface area contributed by atoms with Crippen LogP contribution in [0.15, 0.2) is 24.3 Å². The van der Waals surface area contributed by atoms with E-state index >= 15 is 0 Å². The quantitative estimate of drug-likeness (QED) is 0.614. The lowest BCUT2D eigenvalue weighted by molar-refractivity contribution is -0.121. The Hall–Kier alpha value is -1.43. The van der Waals surface area contributed by atoms with E-state index in [-0.39, 0.29) is 24.8 Å². The molecule has 0 aliphatic carbocycles. The normalized spacial score (nSPS) is 18.9. The first-order valence-corrected chi connectivity index (χ1v) is 6.98. The summed E-state index contributed by atoms with van der Waals surface area (Å²) in [6.45, 7) is 0.745. The summed E-state index contributed by atoms with van der Waals surface area (Å²) in [6.07, 6.45) is 1.62. The largest absolute Gasteiger partial charge is 0.396 e. The molecule has 0 saturated carbocycles. The summed E-state index contributed by atoms with van der Waals surface area (Å²) in [6, 6.07) is 6.15. The van der Waals surface area contributed by atoms with Gasteiger partial charge in [-0.1, -0.05) is 11.6 Å². The summed E-state index contributed by atoms with van der Waals surface area (Å²) in [4.78, 5) is 25.4. The Labute approximate surface area is 122 Å². The van der Waals surface area contributed by atoms with E-state index in [1.807, 2.05) is 0 Å². The highest BCUT2D eigenvalue weighted by molar-refractivity contribution is 6.30. The molecule has 1 unspecified atom stereocenters. The van der Waals surface area contributed by atoms with Crippen molar-refractivity contribution in [1.29, 1.82) is 0 Å². The molecule has 0 radical (unpaired) electrons. The Balaban J connectivity index is 2.00. The van der Waals surface area contributed by atoms with E-state index < -0.39 is 6.04 Å². The van der Waals surface area contributed by atoms with Gasteiger partial charge in [-0.05, 0) is 43.7 Å². The Bertz CT molecular complexity index is 490. The number of hydrogen-bond donors (Lipinski definition) is 2. The number of aliphatic hydroxyl groups is 1. The summed E-state index contributed by atoms with van der Waals surface area (Å²) in [5.74, 6) is -0.446. The van der Waals surface area contributed by atoms with Gasteiger partial charge in [-0.2, -0.15) is 0 Å². The lowest BCUT2D eigenvalue weighted by atomic mass is 10.2. The third kappa shape index (κ3) is 3.36. The Morgan fingerprint density at radius 3 is 2.60 bits per heavy atom. The second-order valence-electron chi connectivity index (χ2n) is 4.69. The van der Waals surface area contributed by atoms with Gasteiger partial charge in [0.25, 0.3) is 5.91 Å². The molecule has 108 valence electrons. The van der Waals surface area contributed by atoms with E-state index in [9.17, 15) is 9.59 Å². The first-order valence-electron chi connectivity index (χ1n) is 6.60. The van der Waals surface area contributed by atoms with E-state index in [1.54, 1.807) is 24.3 Å². The molecular formula is C14H17ClN2O3. The molecule has 1 aromatic carbocycles. The van der Waals surface area contributed by atoms with Crippen LogP contribution >= 0.6 is 11.6 Å². The molecule has 1 saturated heterocycles. The number of carbonyl (C=O) groups excluding carboxylic acids is 2. The number of nitrogens with zero attached hydrogens (tertiary/aromatic N) is 1. The number of hydrogen-bond acceptors (Lipinski definition) is 4. The van der Waals surface area contributed by atoms with Gasteiger partial charge in [-0.3, -0.25) is 9.59 Å². The van der Waals surface area contributed by atoms with Gasteiger partial charge >= 0.3 is 0 Å². The second kappa shape index (κ2) is 6.83. The zero-order valence-electron chi connectivity index (χ0n) is 11.0. The molecule has 0 aromatic heterocycles. The van der Waals surface area contributed by atoms with E-state index in [0.717, 1.165) is 6.42 Å². The van der Waals surface area contributed by atoms with E-state index in [1.165, 1.54) is 4.90 Å². The molecule has 1 atom stereocenters. The van der Waals surface area contributed by atoms with Gasteiger partial charge in [0.05, 0.1) is 18.2 Å². The van der Waals surface area contributed by atoms with Crippen molar-refractivity contribution >= 4 is 29.1 Å². The molecule has 1 fully saturated rings. The van der Waals surface area contributed by atoms with Crippen LogP contribution in [0.3, 0.4) is 0 Å². The van der Waals surface area contributed by atoms with E-state index in [0.29, 0.717) is 23.7 Å². The lowest BCUT2D eigenvalue weighted by Gasteiger charge is -2.15. The monoisotopic (exact) mass is 296 g/mol. The van der Waals surface area contributed by atoms with Gasteiger partial charge < -0.3 is 10.4 Å². The molecule has 1 heterocycles. The van der Waals surface area contributed by atoms with Crippen LogP contribution in [0.5, 0.6) is 0 Å². The number of nitrogens with one attached hydrogen (secondary N) is 1. The van der Waals surface area contributed by atoms with Crippen molar-refractivity contribution < 1.29 is 14.7 Å². The van der Waals surface area contributed by atoms with Crippen molar-refractivity contribution in [2.24, 2.45) is 0 Å². The lowest BCUT2D eigenvalue weighted by Crippen LogP contribution is -2.39. The number of rotatable bonds is 6. The molecule has 6 heteroatoms. The number of benzene rings is 1. The van der Waals surface area contributed by atoms with Crippen molar-refractivity contribution in [2.75, 3.05) is 18.1 Å². The molecule has 0 spiro atoms. The minimum Gasteiger partial charge on any atom is -0.396 e. The van der Waals surface area contributed by atoms with Crippen molar-refractivity contribution in [2.45, 2.75) is 25.3 Å². The fraction of sp³-hybridized carbons (Fsp3) is 0.429. The maximum absolute atomic E-state index is 12.2. The topological polar surface area (TPSA) is 69.6 Å². The van der Waals surface area contributed by atoms with Gasteiger partial charge in [0.15, 0.2) is 0 Å². The predicted octanol–water partition coefficient (Wildman–Crippen LogP) is 1.33. The molecule has 5 nitrogen and oxygen atoms in total. The van der Waals surface area contributed by atoms with Crippen LogP contribution in [-0.2, 0) is 9.59 Å². The maximum atomic E-state index is 12.2. The van der Waals surface area contributed by atoms with Gasteiger partial charge in [0.1, 0.15) is 0 Å². The molecule has 1 aliphatic heterocycles. The summed E-state index contributed by atoms with van der Waals surface area (Å²) >= 11 is 5.80. The van der Waals surface area contributed by atoms with Crippen LogP contribution < -0.4 is 10.2 Å². The average Bonchev–Trinajstić information content (AvgIpc) is 2.71. The fourth-order valence-electron chi connectivity index (χ4n) is 2.17. The van der Waals surface area contributed by atoms with Crippen LogP contribution in [0.2, 0.25) is 5.02 Å². The molecule has 1 aliphatic rings. The highest BCUT2D eigenvalue weighted by Gasteiger charge is 2.38. The van der Waals surface area contributed by atoms with Crippen molar-refractivity contribution in [3.63, 3.8) is 0 Å². The smallest absolute Gasteiger partial charge is 0.251 e. The molecule has 20 heavy (non-hydrogen) atoms. The highest BCUT2D eigenvalue weighted by Crippen LogP contribution is 2.24. The van der Waals surface area contributed by atoms with Crippen LogP contribution in [0, 0.1) is 0 Å². The van der Waals surface area contributed by atoms with Gasteiger partial charge in [-0.15, -0.1) is 0 Å². The number of aliphatic hydroxyl groups excluding tert-OH is 1. The van der Waals surface area contributed by atoms with Crippen LogP contribution in [0.25, 0.3) is 0 Å². The second-order valence-corrected chi connectivity index (χ2v) is 5.12. The zero-order valence-corrected chi connectivity index (χ0v) is 11.8. The first kappa shape index (κ1) is 15.0. The summed E-state index contributed by atoms with van der Waals surface area (Å²) < 4.78 is 0. The standard InChI is InChI=1S/C14H17ClN2O3/c15-10-3-5-11(6-4-10)17-13(19)9-12(14(17)20)16-7-1-2-8-18/h3-6,12,16,18H,1-2,7-9H2. The molecular weight excluding hydrogens is 280 g/mol. The number of halogens is 1. The van der Waals surface area contributed by atoms with Gasteiger partial charge in [-0.25, -0.2) is 4.90 Å². The number of imide groups is 1. The van der Waals surface area contributed by atoms with E-state index in [2.05, 4.69) is 5.32 Å². The third-order valence-corrected chi connectivity index (χ3v) is 3.46. The molecule has 2 amide bonds. The van der Waals surface area contributed by atoms with E-state index in [4.69, 9.17) is 16.7 Å². The Morgan fingerprint density at radius 1 is 1.25 bits per heavy atom. The van der Waals surface area contributed by atoms with Crippen LogP contribution in [0.1, 0.15) is 19.3 Å². The minimum atomic E-state index is -0.475. The Morgan fingerprint density at radius 2 is 1.95 bits per heavy atom. The molecule has 2 N–H and O–H groups in total. The highest BCUT2D eigenvalue weighted by atomic mass is 35.5. The van der Waals surface area contributed by atoms with Crippen LogP contribution in [-0.4, -0.2) is 36.1 Å². The third-order valence-electron chi connectivity index (χ3n) is 3.21. The number of amides is 2. The Kier molecular flexibility index (Phi) is 5.11. The van der Waals surface area contributed by atoms with Crippen LogP contribution in [0.4, 0.5) is 5.69 Å². The summed E-state index contributed by atoms with van der Waals surface area (Å²) in [5, 5.41) is 12.3. The van der Waals surface area contributed by atoms with Gasteiger partial charge in [0, 0.05) is 11.6 Å². The molecule has 2 rings (SSSR count). The summed E-state index contributed by atoms with van der Waals surface area (Å²) in [5.41, 5.74) is 0.545. The first-order chi connectivity index (χ1) is 9.63.